The van der Waals surface area contributed by atoms with Gasteiger partial charge in [-0.05, 0) is 85.1 Å². The van der Waals surface area contributed by atoms with Gasteiger partial charge in [0.2, 0.25) is 0 Å². The molecule has 2 unspecified atom stereocenters. The van der Waals surface area contributed by atoms with Crippen LogP contribution in [0.3, 0.4) is 0 Å². The Morgan fingerprint density at radius 1 is 0.857 bits per heavy atom. The molecule has 0 aliphatic heterocycles. The second kappa shape index (κ2) is 10.9. The zero-order valence-corrected chi connectivity index (χ0v) is 17.3. The topological polar surface area (TPSA) is 138 Å². The summed E-state index contributed by atoms with van der Waals surface area (Å²) >= 11 is 0. The number of nitrogens with zero attached hydrogens (tertiary/aromatic N) is 6. The molecule has 2 N–H and O–H groups in total. The fraction of sp³-hybridized carbons (Fsp3) is 1.00. The number of rotatable bonds is 14. The maximum Gasteiger partial charge on any atom is 0.0599 e. The third kappa shape index (κ3) is 6.85. The van der Waals surface area contributed by atoms with Crippen LogP contribution in [0.25, 0.3) is 20.9 Å². The number of hydrogen-bond donors (Lipinski definition) is 2. The van der Waals surface area contributed by atoms with E-state index in [0.29, 0.717) is 23.2 Å². The summed E-state index contributed by atoms with van der Waals surface area (Å²) in [4.78, 5) is 5.44. The molecule has 2 fully saturated rings. The lowest BCUT2D eigenvalue weighted by Crippen LogP contribution is -2.33. The van der Waals surface area contributed by atoms with Crippen molar-refractivity contribution in [2.45, 2.75) is 83.8 Å². The van der Waals surface area contributed by atoms with Crippen molar-refractivity contribution in [3.05, 3.63) is 20.9 Å². The Morgan fingerprint density at radius 2 is 1.43 bits per heavy atom. The SMILES string of the molecule is CCC(CC)(CC1CC(CC(O)CN=[N+]=[N-])C1)C[C@@H]1C[C@@H]1CC(O)CN=[N+]=[N-]. The Morgan fingerprint density at radius 3 is 1.96 bits per heavy atom. The van der Waals surface area contributed by atoms with Crippen molar-refractivity contribution >= 4 is 0 Å². The Labute approximate surface area is 168 Å². The highest BCUT2D eigenvalue weighted by Crippen LogP contribution is 2.54. The highest BCUT2D eigenvalue weighted by atomic mass is 16.3. The van der Waals surface area contributed by atoms with Crippen LogP contribution in [0.4, 0.5) is 0 Å². The van der Waals surface area contributed by atoms with Crippen molar-refractivity contribution in [2.24, 2.45) is 39.3 Å². The summed E-state index contributed by atoms with van der Waals surface area (Å²) in [5.74, 6) is 2.57. The van der Waals surface area contributed by atoms with E-state index in [1.807, 2.05) is 0 Å². The van der Waals surface area contributed by atoms with E-state index >= 15 is 0 Å². The molecule has 0 heterocycles. The average molecular weight is 393 g/mol. The predicted octanol–water partition coefficient (Wildman–Crippen LogP) is 5.36. The predicted molar refractivity (Wildman–Crippen MR) is 109 cm³/mol. The van der Waals surface area contributed by atoms with E-state index in [-0.39, 0.29) is 13.1 Å². The first kappa shape index (κ1) is 22.8. The number of azide groups is 2. The van der Waals surface area contributed by atoms with E-state index in [9.17, 15) is 10.2 Å². The third-order valence-electron chi connectivity index (χ3n) is 7.21. The molecule has 28 heavy (non-hydrogen) atoms. The molecule has 0 spiro atoms. The van der Waals surface area contributed by atoms with Gasteiger partial charge < -0.3 is 10.2 Å². The number of aliphatic hydroxyl groups excluding tert-OH is 2. The van der Waals surface area contributed by atoms with Crippen LogP contribution < -0.4 is 0 Å². The first-order chi connectivity index (χ1) is 13.4. The number of hydrogen-bond acceptors (Lipinski definition) is 4. The third-order valence-corrected chi connectivity index (χ3v) is 7.21. The Kier molecular flexibility index (Phi) is 8.90. The first-order valence-electron chi connectivity index (χ1n) is 10.8. The average Bonchev–Trinajstić information content (AvgIpc) is 3.38. The molecule has 2 rings (SSSR count). The molecule has 0 aromatic rings. The van der Waals surface area contributed by atoms with Crippen LogP contribution in [0.1, 0.15) is 71.6 Å². The van der Waals surface area contributed by atoms with Crippen molar-refractivity contribution in [3.8, 4) is 0 Å². The maximum absolute atomic E-state index is 9.96. The summed E-state index contributed by atoms with van der Waals surface area (Å²) in [6, 6.07) is 0. The Balaban J connectivity index is 1.74. The van der Waals surface area contributed by atoms with Gasteiger partial charge in [0, 0.05) is 9.82 Å². The second-order valence-corrected chi connectivity index (χ2v) is 9.18. The van der Waals surface area contributed by atoms with Gasteiger partial charge in [-0.25, -0.2) is 0 Å². The smallest absolute Gasteiger partial charge is 0.0599 e. The van der Waals surface area contributed by atoms with E-state index < -0.39 is 12.2 Å². The van der Waals surface area contributed by atoms with E-state index in [0.717, 1.165) is 18.8 Å². The fourth-order valence-electron chi connectivity index (χ4n) is 5.31. The van der Waals surface area contributed by atoms with Crippen molar-refractivity contribution in [1.29, 1.82) is 0 Å². The fourth-order valence-corrected chi connectivity index (χ4v) is 5.31. The quantitative estimate of drug-likeness (QED) is 0.233. The minimum Gasteiger partial charge on any atom is -0.393 e. The van der Waals surface area contributed by atoms with E-state index in [4.69, 9.17) is 11.1 Å². The molecular weight excluding hydrogens is 356 g/mol. The lowest BCUT2D eigenvalue weighted by Gasteiger charge is -2.43. The molecular formula is C20H36N6O2. The van der Waals surface area contributed by atoms with Crippen molar-refractivity contribution in [1.82, 2.24) is 0 Å². The van der Waals surface area contributed by atoms with E-state index in [1.54, 1.807) is 0 Å². The van der Waals surface area contributed by atoms with Gasteiger partial charge in [-0.1, -0.05) is 36.9 Å². The lowest BCUT2D eigenvalue weighted by molar-refractivity contribution is 0.0539. The molecule has 158 valence electrons. The molecule has 0 amide bonds. The van der Waals surface area contributed by atoms with Crippen molar-refractivity contribution in [3.63, 3.8) is 0 Å². The van der Waals surface area contributed by atoms with E-state index in [2.05, 4.69) is 33.9 Å². The molecule has 2 saturated carbocycles. The standard InChI is InChI=1S/C20H36N6O2/c1-3-20(4-2,11-17-8-16(17)9-19(28)13-24-26-22)10-15-5-14(6-15)7-18(27)12-23-25-21/h14-19,27-28H,3-13H2,1-2H3/t14?,15?,16-,17+,18?,19?/m1/s1. The minimum atomic E-state index is -0.507. The van der Waals surface area contributed by atoms with Crippen LogP contribution in [-0.4, -0.2) is 35.5 Å². The summed E-state index contributed by atoms with van der Waals surface area (Å²) in [7, 11) is 0. The van der Waals surface area contributed by atoms with Crippen LogP contribution in [0.15, 0.2) is 10.2 Å². The molecule has 0 aromatic carbocycles. The zero-order valence-electron chi connectivity index (χ0n) is 17.3. The minimum absolute atomic E-state index is 0.181. The largest absolute Gasteiger partial charge is 0.393 e. The van der Waals surface area contributed by atoms with Gasteiger partial charge in [0.1, 0.15) is 0 Å². The second-order valence-electron chi connectivity index (χ2n) is 9.18. The van der Waals surface area contributed by atoms with Gasteiger partial charge >= 0.3 is 0 Å². The van der Waals surface area contributed by atoms with Gasteiger partial charge in [-0.3, -0.25) is 0 Å². The van der Waals surface area contributed by atoms with Gasteiger partial charge in [0.15, 0.2) is 0 Å². The van der Waals surface area contributed by atoms with Crippen molar-refractivity contribution in [2.75, 3.05) is 13.1 Å². The van der Waals surface area contributed by atoms with E-state index in [1.165, 1.54) is 44.9 Å². The molecule has 8 heteroatoms. The lowest BCUT2D eigenvalue weighted by atomic mass is 9.62. The molecule has 0 saturated heterocycles. The van der Waals surface area contributed by atoms with Crippen LogP contribution in [0.5, 0.6) is 0 Å². The molecule has 4 atom stereocenters. The van der Waals surface area contributed by atoms with Gasteiger partial charge in [0.05, 0.1) is 25.3 Å². The zero-order chi connectivity index (χ0) is 20.6. The molecule has 0 aromatic heterocycles. The van der Waals surface area contributed by atoms with Gasteiger partial charge in [-0.15, -0.1) is 0 Å². The molecule has 2 aliphatic rings. The molecule has 2 aliphatic carbocycles. The molecule has 8 nitrogen and oxygen atoms in total. The summed E-state index contributed by atoms with van der Waals surface area (Å²) in [5.41, 5.74) is 17.1. The van der Waals surface area contributed by atoms with Crippen molar-refractivity contribution < 1.29 is 10.2 Å². The summed E-state index contributed by atoms with van der Waals surface area (Å²) < 4.78 is 0. The van der Waals surface area contributed by atoms with Gasteiger partial charge in [-0.2, -0.15) is 0 Å². The number of aliphatic hydroxyl groups is 2. The summed E-state index contributed by atoms with van der Waals surface area (Å²) in [5, 5.41) is 26.8. The van der Waals surface area contributed by atoms with Crippen LogP contribution in [0.2, 0.25) is 0 Å². The van der Waals surface area contributed by atoms with Gasteiger partial charge in [0.25, 0.3) is 0 Å². The monoisotopic (exact) mass is 392 g/mol. The molecule has 0 bridgehead atoms. The van der Waals surface area contributed by atoms with Crippen LogP contribution in [-0.2, 0) is 0 Å². The highest BCUT2D eigenvalue weighted by Gasteiger charge is 2.45. The maximum atomic E-state index is 9.96. The first-order valence-corrected chi connectivity index (χ1v) is 10.8. The normalized spacial score (nSPS) is 28.4. The summed E-state index contributed by atoms with van der Waals surface area (Å²) in [6.45, 7) is 4.97. The van der Waals surface area contributed by atoms with Crippen LogP contribution in [0, 0.1) is 29.1 Å². The molecule has 0 radical (unpaired) electrons. The Bertz CT molecular complexity index is 577. The summed E-state index contributed by atoms with van der Waals surface area (Å²) in [6.07, 6.45) is 8.89. The van der Waals surface area contributed by atoms with Crippen LogP contribution >= 0.6 is 0 Å². The highest BCUT2D eigenvalue weighted by molar-refractivity contribution is 4.95. The Hall–Kier alpha value is -1.46.